The summed E-state index contributed by atoms with van der Waals surface area (Å²) in [6.45, 7) is 0.909. The minimum Gasteiger partial charge on any atom is -0.481 e. The van der Waals surface area contributed by atoms with Crippen molar-refractivity contribution in [3.05, 3.63) is 52.9 Å². The minimum atomic E-state index is -0.393. The van der Waals surface area contributed by atoms with Crippen molar-refractivity contribution in [1.29, 1.82) is 5.26 Å². The number of anilines is 1. The predicted octanol–water partition coefficient (Wildman–Crippen LogP) is 2.50. The first-order valence-corrected chi connectivity index (χ1v) is 9.59. The molecule has 2 aromatic rings. The largest absolute Gasteiger partial charge is 0.481 e. The van der Waals surface area contributed by atoms with Crippen LogP contribution in [0.25, 0.3) is 0 Å². The summed E-state index contributed by atoms with van der Waals surface area (Å²) in [5.41, 5.74) is 8.54. The summed E-state index contributed by atoms with van der Waals surface area (Å²) in [4.78, 5) is 11.0. The van der Waals surface area contributed by atoms with Gasteiger partial charge in [-0.25, -0.2) is 4.98 Å². The predicted molar refractivity (Wildman–Crippen MR) is 105 cm³/mol. The second-order valence-corrected chi connectivity index (χ2v) is 6.63. The van der Waals surface area contributed by atoms with Gasteiger partial charge < -0.3 is 20.1 Å². The number of benzene rings is 1. The van der Waals surface area contributed by atoms with E-state index < -0.39 is 5.92 Å². The highest BCUT2D eigenvalue weighted by Gasteiger charge is 2.37. The zero-order valence-electron chi connectivity index (χ0n) is 15.5. The van der Waals surface area contributed by atoms with Gasteiger partial charge >= 0.3 is 0 Å². The van der Waals surface area contributed by atoms with Crippen LogP contribution in [0.1, 0.15) is 17.0 Å². The highest BCUT2D eigenvalue weighted by molar-refractivity contribution is 7.98. The SMILES string of the molecule is COCCN1C(N)=C(C#N)C(c2ccccc2)c2c(OC)nc(SC)nc21. The Hall–Kier alpha value is -2.76. The summed E-state index contributed by atoms with van der Waals surface area (Å²) < 4.78 is 10.8. The van der Waals surface area contributed by atoms with Crippen LogP contribution in [0.5, 0.6) is 5.88 Å². The average molecular weight is 383 g/mol. The number of fused-ring (bicyclic) bond motifs is 1. The molecule has 3 rings (SSSR count). The van der Waals surface area contributed by atoms with E-state index in [1.165, 1.54) is 11.8 Å². The van der Waals surface area contributed by atoms with E-state index in [0.717, 1.165) is 11.1 Å². The Labute approximate surface area is 162 Å². The van der Waals surface area contributed by atoms with Crippen molar-refractivity contribution in [2.24, 2.45) is 5.73 Å². The van der Waals surface area contributed by atoms with Crippen molar-refractivity contribution < 1.29 is 9.47 Å². The van der Waals surface area contributed by atoms with E-state index in [0.29, 0.717) is 41.4 Å². The molecular weight excluding hydrogens is 362 g/mol. The van der Waals surface area contributed by atoms with Gasteiger partial charge in [-0.15, -0.1) is 0 Å². The second kappa shape index (κ2) is 8.29. The van der Waals surface area contributed by atoms with Gasteiger partial charge in [-0.2, -0.15) is 10.2 Å². The molecule has 0 saturated carbocycles. The summed E-state index contributed by atoms with van der Waals surface area (Å²) >= 11 is 1.42. The van der Waals surface area contributed by atoms with Gasteiger partial charge in [-0.1, -0.05) is 42.1 Å². The maximum Gasteiger partial charge on any atom is 0.223 e. The molecule has 1 atom stereocenters. The van der Waals surface area contributed by atoms with Crippen LogP contribution < -0.4 is 15.4 Å². The van der Waals surface area contributed by atoms with E-state index in [2.05, 4.69) is 16.0 Å². The normalized spacial score (nSPS) is 16.1. The first kappa shape index (κ1) is 19.0. The highest BCUT2D eigenvalue weighted by atomic mass is 32.2. The summed E-state index contributed by atoms with van der Waals surface area (Å²) in [5.74, 6) is 1.08. The maximum atomic E-state index is 9.89. The smallest absolute Gasteiger partial charge is 0.223 e. The molecule has 0 aliphatic carbocycles. The molecule has 2 N–H and O–H groups in total. The molecule has 0 radical (unpaired) electrons. The molecule has 1 aliphatic heterocycles. The van der Waals surface area contributed by atoms with Gasteiger partial charge in [-0.05, 0) is 11.8 Å². The third kappa shape index (κ3) is 3.44. The summed E-state index contributed by atoms with van der Waals surface area (Å²) in [5, 5.41) is 10.5. The van der Waals surface area contributed by atoms with E-state index in [-0.39, 0.29) is 0 Å². The number of allylic oxidation sites excluding steroid dienone is 1. The number of methoxy groups -OCH3 is 2. The maximum absolute atomic E-state index is 9.89. The quantitative estimate of drug-likeness (QED) is 0.600. The lowest BCUT2D eigenvalue weighted by atomic mass is 9.83. The van der Waals surface area contributed by atoms with Gasteiger partial charge in [0, 0.05) is 13.7 Å². The van der Waals surface area contributed by atoms with Gasteiger partial charge in [0.15, 0.2) is 5.16 Å². The number of aromatic nitrogens is 2. The van der Waals surface area contributed by atoms with Crippen LogP contribution in [-0.4, -0.2) is 43.6 Å². The van der Waals surface area contributed by atoms with Crippen molar-refractivity contribution in [2.45, 2.75) is 11.1 Å². The first-order chi connectivity index (χ1) is 13.2. The van der Waals surface area contributed by atoms with E-state index in [1.807, 2.05) is 36.6 Å². The van der Waals surface area contributed by atoms with Crippen molar-refractivity contribution >= 4 is 17.6 Å². The van der Waals surface area contributed by atoms with Crippen molar-refractivity contribution in [1.82, 2.24) is 9.97 Å². The lowest BCUT2D eigenvalue weighted by molar-refractivity contribution is 0.206. The molecule has 0 amide bonds. The fraction of sp³-hybridized carbons (Fsp3) is 0.316. The number of nitrogens with two attached hydrogens (primary N) is 1. The number of ether oxygens (including phenoxy) is 2. The van der Waals surface area contributed by atoms with Crippen molar-refractivity contribution in [2.75, 3.05) is 38.5 Å². The van der Waals surface area contributed by atoms with Crippen LogP contribution in [0.15, 0.2) is 46.9 Å². The van der Waals surface area contributed by atoms with Crippen molar-refractivity contribution in [3.63, 3.8) is 0 Å². The van der Waals surface area contributed by atoms with Crippen LogP contribution in [0, 0.1) is 11.3 Å². The lowest BCUT2D eigenvalue weighted by Crippen LogP contribution is -2.38. The molecule has 0 bridgehead atoms. The Morgan fingerprint density at radius 3 is 2.59 bits per heavy atom. The Kier molecular flexibility index (Phi) is 5.84. The molecule has 7 nitrogen and oxygen atoms in total. The number of nitriles is 1. The number of hydrogen-bond donors (Lipinski definition) is 1. The fourth-order valence-corrected chi connectivity index (χ4v) is 3.54. The third-order valence-corrected chi connectivity index (χ3v) is 4.97. The summed E-state index contributed by atoms with van der Waals surface area (Å²) in [6, 6.07) is 12.0. The van der Waals surface area contributed by atoms with Crippen LogP contribution in [-0.2, 0) is 4.74 Å². The summed E-state index contributed by atoms with van der Waals surface area (Å²) in [7, 11) is 3.19. The Morgan fingerprint density at radius 1 is 1.26 bits per heavy atom. The van der Waals surface area contributed by atoms with E-state index in [9.17, 15) is 5.26 Å². The van der Waals surface area contributed by atoms with Gasteiger partial charge in [0.05, 0.1) is 36.8 Å². The molecule has 1 aliphatic rings. The Morgan fingerprint density at radius 2 is 2.00 bits per heavy atom. The number of nitrogens with zero attached hydrogens (tertiary/aromatic N) is 4. The zero-order valence-corrected chi connectivity index (χ0v) is 16.3. The number of thioether (sulfide) groups is 1. The van der Waals surface area contributed by atoms with E-state index in [4.69, 9.17) is 15.2 Å². The average Bonchev–Trinajstić information content (AvgIpc) is 2.72. The van der Waals surface area contributed by atoms with Crippen LogP contribution in [0.3, 0.4) is 0 Å². The number of hydrogen-bond acceptors (Lipinski definition) is 8. The molecular formula is C19H21N5O2S. The van der Waals surface area contributed by atoms with Gasteiger partial charge in [-0.3, -0.25) is 0 Å². The summed E-state index contributed by atoms with van der Waals surface area (Å²) in [6.07, 6.45) is 1.90. The molecule has 140 valence electrons. The fourth-order valence-electron chi connectivity index (χ4n) is 3.19. The van der Waals surface area contributed by atoms with Gasteiger partial charge in [0.1, 0.15) is 11.6 Å². The second-order valence-electron chi connectivity index (χ2n) is 5.86. The van der Waals surface area contributed by atoms with E-state index in [1.54, 1.807) is 19.1 Å². The Bertz CT molecular complexity index is 895. The number of rotatable bonds is 6. The monoisotopic (exact) mass is 383 g/mol. The van der Waals surface area contributed by atoms with Crippen molar-refractivity contribution in [3.8, 4) is 11.9 Å². The molecule has 1 unspecified atom stereocenters. The standard InChI is InChI=1S/C19H21N5O2S/c1-25-10-9-24-16(21)13(11-20)14(12-7-5-4-6-8-12)15-17(24)22-19(27-3)23-18(15)26-2/h4-8,14H,9-10,21H2,1-3H3. The lowest BCUT2D eigenvalue weighted by Gasteiger charge is -2.35. The zero-order chi connectivity index (χ0) is 19.4. The molecule has 2 heterocycles. The minimum absolute atomic E-state index is 0.378. The Balaban J connectivity index is 2.30. The van der Waals surface area contributed by atoms with Crippen LogP contribution >= 0.6 is 11.8 Å². The molecule has 0 spiro atoms. The molecule has 27 heavy (non-hydrogen) atoms. The molecule has 0 fully saturated rings. The molecule has 1 aromatic carbocycles. The third-order valence-electron chi connectivity index (χ3n) is 4.42. The molecule has 1 aromatic heterocycles. The van der Waals surface area contributed by atoms with Crippen LogP contribution in [0.2, 0.25) is 0 Å². The van der Waals surface area contributed by atoms with E-state index >= 15 is 0 Å². The van der Waals surface area contributed by atoms with Gasteiger partial charge in [0.25, 0.3) is 0 Å². The van der Waals surface area contributed by atoms with Gasteiger partial charge in [0.2, 0.25) is 5.88 Å². The molecule has 0 saturated heterocycles. The van der Waals surface area contributed by atoms with Crippen LogP contribution in [0.4, 0.5) is 5.82 Å². The topological polar surface area (TPSA) is 97.3 Å². The highest BCUT2D eigenvalue weighted by Crippen LogP contribution is 2.46. The first-order valence-electron chi connectivity index (χ1n) is 8.37. The molecule has 8 heteroatoms.